The summed E-state index contributed by atoms with van der Waals surface area (Å²) in [6.07, 6.45) is 0.324. The van der Waals surface area contributed by atoms with Gasteiger partial charge in [-0.15, -0.1) is 0 Å². The molecule has 30 heavy (non-hydrogen) atoms. The van der Waals surface area contributed by atoms with Crippen LogP contribution >= 0.6 is 0 Å². The van der Waals surface area contributed by atoms with Crippen LogP contribution in [0.2, 0.25) is 0 Å². The van der Waals surface area contributed by atoms with Crippen LogP contribution in [0.3, 0.4) is 0 Å². The van der Waals surface area contributed by atoms with Crippen molar-refractivity contribution in [3.05, 3.63) is 65.5 Å². The first-order valence-corrected chi connectivity index (χ1v) is 10.1. The Hall–Kier alpha value is -2.89. The van der Waals surface area contributed by atoms with Crippen LogP contribution in [0.1, 0.15) is 45.2 Å². The zero-order valence-corrected chi connectivity index (χ0v) is 18.4. The van der Waals surface area contributed by atoms with Crippen molar-refractivity contribution < 1.29 is 18.7 Å². The van der Waals surface area contributed by atoms with Gasteiger partial charge >= 0.3 is 0 Å². The highest BCUT2D eigenvalue weighted by molar-refractivity contribution is 5.88. The molecule has 2 rings (SSSR count). The first-order valence-electron chi connectivity index (χ1n) is 10.1. The van der Waals surface area contributed by atoms with Crippen LogP contribution < -0.4 is 10.1 Å². The van der Waals surface area contributed by atoms with E-state index in [1.165, 1.54) is 11.0 Å². The highest BCUT2D eigenvalue weighted by Crippen LogP contribution is 2.19. The van der Waals surface area contributed by atoms with E-state index in [2.05, 4.69) is 5.32 Å². The number of carbonyl (C=O) groups is 2. The quantitative estimate of drug-likeness (QED) is 0.708. The Morgan fingerprint density at radius 2 is 1.83 bits per heavy atom. The molecule has 0 radical (unpaired) electrons. The van der Waals surface area contributed by atoms with Crippen molar-refractivity contribution in [3.63, 3.8) is 0 Å². The molecule has 0 spiro atoms. The van der Waals surface area contributed by atoms with Crippen molar-refractivity contribution in [2.45, 2.75) is 58.7 Å². The summed E-state index contributed by atoms with van der Waals surface area (Å²) in [4.78, 5) is 27.7. The Labute approximate surface area is 178 Å². The molecule has 6 heteroatoms. The van der Waals surface area contributed by atoms with Crippen LogP contribution in [0.15, 0.2) is 48.5 Å². The second kappa shape index (κ2) is 10.2. The fourth-order valence-electron chi connectivity index (χ4n) is 3.25. The highest BCUT2D eigenvalue weighted by atomic mass is 19.1. The van der Waals surface area contributed by atoms with Crippen LogP contribution in [0.4, 0.5) is 4.39 Å². The van der Waals surface area contributed by atoms with Crippen molar-refractivity contribution in [1.82, 2.24) is 10.2 Å². The first kappa shape index (κ1) is 23.4. The van der Waals surface area contributed by atoms with Gasteiger partial charge < -0.3 is 15.0 Å². The van der Waals surface area contributed by atoms with Crippen LogP contribution in [-0.4, -0.2) is 35.4 Å². The van der Waals surface area contributed by atoms with E-state index in [0.717, 1.165) is 5.56 Å². The van der Waals surface area contributed by atoms with Gasteiger partial charge in [0, 0.05) is 12.1 Å². The molecule has 2 aromatic carbocycles. The molecular weight excluding hydrogens is 383 g/mol. The molecule has 0 saturated heterocycles. The number of nitrogens with zero attached hydrogens (tertiary/aromatic N) is 1. The van der Waals surface area contributed by atoms with Gasteiger partial charge in [0.05, 0.1) is 13.5 Å². The van der Waals surface area contributed by atoms with E-state index in [-0.39, 0.29) is 24.8 Å². The Balaban J connectivity index is 2.35. The lowest BCUT2D eigenvalue weighted by molar-refractivity contribution is -0.141. The second-order valence-electron chi connectivity index (χ2n) is 8.30. The Kier molecular flexibility index (Phi) is 7.98. The Morgan fingerprint density at radius 3 is 2.43 bits per heavy atom. The Bertz CT molecular complexity index is 877. The zero-order chi connectivity index (χ0) is 22.3. The predicted molar refractivity (Wildman–Crippen MR) is 116 cm³/mol. The monoisotopic (exact) mass is 414 g/mol. The summed E-state index contributed by atoms with van der Waals surface area (Å²) in [5.74, 6) is -0.297. The molecule has 0 saturated carbocycles. The topological polar surface area (TPSA) is 58.6 Å². The summed E-state index contributed by atoms with van der Waals surface area (Å²) < 4.78 is 19.4. The van der Waals surface area contributed by atoms with Gasteiger partial charge in [-0.2, -0.15) is 0 Å². The summed E-state index contributed by atoms with van der Waals surface area (Å²) in [7, 11) is 1.58. The zero-order valence-electron chi connectivity index (χ0n) is 18.4. The van der Waals surface area contributed by atoms with Crippen molar-refractivity contribution in [2.75, 3.05) is 7.11 Å². The summed E-state index contributed by atoms with van der Waals surface area (Å²) in [5.41, 5.74) is 0.711. The minimum Gasteiger partial charge on any atom is -0.497 e. The van der Waals surface area contributed by atoms with Crippen molar-refractivity contribution >= 4 is 11.8 Å². The second-order valence-corrected chi connectivity index (χ2v) is 8.30. The molecular formula is C24H31FN2O3. The highest BCUT2D eigenvalue weighted by Gasteiger charge is 2.31. The van der Waals surface area contributed by atoms with Crippen LogP contribution in [0.25, 0.3) is 0 Å². The molecule has 2 aromatic rings. The maximum Gasteiger partial charge on any atom is 0.243 e. The number of hydrogen-bond acceptors (Lipinski definition) is 3. The summed E-state index contributed by atoms with van der Waals surface area (Å²) in [6.45, 7) is 7.77. The van der Waals surface area contributed by atoms with Gasteiger partial charge in [-0.25, -0.2) is 4.39 Å². The number of methoxy groups -OCH3 is 1. The molecule has 0 fully saturated rings. The fraction of sp³-hybridized carbons (Fsp3) is 0.417. The van der Waals surface area contributed by atoms with Gasteiger partial charge in [0.15, 0.2) is 0 Å². The number of ether oxygens (including phenoxy) is 1. The predicted octanol–water partition coefficient (Wildman–Crippen LogP) is 4.10. The molecule has 0 aliphatic heterocycles. The molecule has 1 N–H and O–H groups in total. The minimum atomic E-state index is -0.672. The molecule has 1 atom stereocenters. The third kappa shape index (κ3) is 6.58. The van der Waals surface area contributed by atoms with Crippen LogP contribution in [-0.2, 0) is 22.6 Å². The van der Waals surface area contributed by atoms with E-state index in [9.17, 15) is 14.0 Å². The standard InChI is InChI=1S/C24H31FN2O3/c1-6-21(23(29)26-24(2,3)4)27(16-17-10-9-12-19(14-17)30-5)22(28)15-18-11-7-8-13-20(18)25/h7-14,21H,6,15-16H2,1-5H3,(H,26,29)/t21-/m0/s1. The maximum atomic E-state index is 14.1. The maximum absolute atomic E-state index is 14.1. The average molecular weight is 415 g/mol. The fourth-order valence-corrected chi connectivity index (χ4v) is 3.25. The molecule has 0 bridgehead atoms. The first-order chi connectivity index (χ1) is 14.1. The lowest BCUT2D eigenvalue weighted by atomic mass is 10.0. The molecule has 0 heterocycles. The number of hydrogen-bond donors (Lipinski definition) is 1. The number of carbonyl (C=O) groups excluding carboxylic acids is 2. The van der Waals surface area contributed by atoms with Crippen molar-refractivity contribution in [1.29, 1.82) is 0 Å². The van der Waals surface area contributed by atoms with Gasteiger partial charge in [0.1, 0.15) is 17.6 Å². The van der Waals surface area contributed by atoms with E-state index in [1.54, 1.807) is 25.3 Å². The van der Waals surface area contributed by atoms with E-state index in [4.69, 9.17) is 4.74 Å². The SMILES string of the molecule is CC[C@@H](C(=O)NC(C)(C)C)N(Cc1cccc(OC)c1)C(=O)Cc1ccccc1F. The van der Waals surface area contributed by atoms with Crippen molar-refractivity contribution in [3.8, 4) is 5.75 Å². The third-order valence-corrected chi connectivity index (χ3v) is 4.67. The normalized spacial score (nSPS) is 12.2. The van der Waals surface area contributed by atoms with E-state index in [0.29, 0.717) is 17.7 Å². The lowest BCUT2D eigenvalue weighted by Gasteiger charge is -2.33. The molecule has 0 aliphatic rings. The number of benzene rings is 2. The van der Waals surface area contributed by atoms with Gasteiger partial charge in [-0.1, -0.05) is 37.3 Å². The molecule has 0 unspecified atom stereocenters. The lowest BCUT2D eigenvalue weighted by Crippen LogP contribution is -2.53. The van der Waals surface area contributed by atoms with Gasteiger partial charge in [0.2, 0.25) is 11.8 Å². The van der Waals surface area contributed by atoms with Gasteiger partial charge in [-0.05, 0) is 56.5 Å². The summed E-state index contributed by atoms with van der Waals surface area (Å²) >= 11 is 0. The largest absolute Gasteiger partial charge is 0.497 e. The molecule has 0 aliphatic carbocycles. The van der Waals surface area contributed by atoms with E-state index < -0.39 is 17.4 Å². The minimum absolute atomic E-state index is 0.115. The summed E-state index contributed by atoms with van der Waals surface area (Å²) in [5, 5.41) is 2.96. The molecule has 162 valence electrons. The summed E-state index contributed by atoms with van der Waals surface area (Å²) in [6, 6.07) is 12.9. The smallest absolute Gasteiger partial charge is 0.243 e. The number of halogens is 1. The molecule has 0 aromatic heterocycles. The molecule has 5 nitrogen and oxygen atoms in total. The number of amides is 2. The average Bonchev–Trinajstić information content (AvgIpc) is 2.68. The van der Waals surface area contributed by atoms with E-state index >= 15 is 0 Å². The van der Waals surface area contributed by atoms with Gasteiger partial charge in [0.25, 0.3) is 0 Å². The van der Waals surface area contributed by atoms with Crippen molar-refractivity contribution in [2.24, 2.45) is 0 Å². The van der Waals surface area contributed by atoms with E-state index in [1.807, 2.05) is 52.0 Å². The van der Waals surface area contributed by atoms with Gasteiger partial charge in [-0.3, -0.25) is 9.59 Å². The van der Waals surface area contributed by atoms with Crippen LogP contribution in [0.5, 0.6) is 5.75 Å². The number of rotatable bonds is 8. The Morgan fingerprint density at radius 1 is 1.13 bits per heavy atom. The third-order valence-electron chi connectivity index (χ3n) is 4.67. The number of nitrogens with one attached hydrogen (secondary N) is 1. The molecule has 2 amide bonds. The van der Waals surface area contributed by atoms with Crippen LogP contribution in [0, 0.1) is 5.82 Å².